The van der Waals surface area contributed by atoms with Gasteiger partial charge in [-0.1, -0.05) is 57.1 Å². The molecular weight excluding hydrogens is 665 g/mol. The minimum atomic E-state index is -4.17. The first-order chi connectivity index (χ1) is 24.5. The van der Waals surface area contributed by atoms with Gasteiger partial charge in [0.1, 0.15) is 11.5 Å². The fourth-order valence-electron chi connectivity index (χ4n) is 4.94. The fourth-order valence-corrected chi connectivity index (χ4v) is 4.94. The molecule has 0 atom stereocenters. The molecule has 0 fully saturated rings. The molecule has 0 aromatic heterocycles. The maximum atomic E-state index is 12.5. The van der Waals surface area contributed by atoms with Gasteiger partial charge in [0.05, 0.1) is 30.9 Å². The molecule has 3 rings (SSSR count). The van der Waals surface area contributed by atoms with Gasteiger partial charge in [-0.25, -0.2) is 14.4 Å². The third-order valence-electron chi connectivity index (χ3n) is 7.78. The van der Waals surface area contributed by atoms with E-state index >= 15 is 0 Å². The maximum absolute atomic E-state index is 12.5. The number of carbonyl (C=O) groups is 3. The summed E-state index contributed by atoms with van der Waals surface area (Å²) in [5.41, 5.74) is 13.7. The average Bonchev–Trinajstić information content (AvgIpc) is 3.10. The standard InChI is InChI=1S/C39H47F3N2O7/c40-39(41,42)24-8-11-25-48-32-20-15-30(16-21-32)37(46)51-33-18-12-29(13-19-33)14-23-36(45)49-26-9-6-4-2-1-3-5-7-10-27-50-38(47)34-28-31(43)17-22-35(34)44/h12-23,28H,1-11,24-27,43-44H2/b23-14+. The summed E-state index contributed by atoms with van der Waals surface area (Å²) in [5.74, 6) is -0.683. The summed E-state index contributed by atoms with van der Waals surface area (Å²) < 4.78 is 58.0. The van der Waals surface area contributed by atoms with Gasteiger partial charge >= 0.3 is 24.1 Å². The predicted molar refractivity (Wildman–Crippen MR) is 190 cm³/mol. The molecule has 0 aliphatic heterocycles. The van der Waals surface area contributed by atoms with E-state index in [1.165, 1.54) is 24.3 Å². The highest BCUT2D eigenvalue weighted by Crippen LogP contribution is 2.23. The van der Waals surface area contributed by atoms with Crippen molar-refractivity contribution in [1.82, 2.24) is 0 Å². The zero-order chi connectivity index (χ0) is 36.9. The van der Waals surface area contributed by atoms with E-state index in [1.807, 2.05) is 0 Å². The number of nitrogen functional groups attached to an aromatic ring is 2. The Bertz CT molecular complexity index is 1540. The molecule has 3 aromatic rings. The molecule has 276 valence electrons. The number of unbranched alkanes of at least 4 members (excludes halogenated alkanes) is 9. The summed E-state index contributed by atoms with van der Waals surface area (Å²) >= 11 is 0. The second-order valence-corrected chi connectivity index (χ2v) is 12.1. The average molecular weight is 713 g/mol. The van der Waals surface area contributed by atoms with Crippen LogP contribution >= 0.6 is 0 Å². The lowest BCUT2D eigenvalue weighted by atomic mass is 10.1. The molecule has 51 heavy (non-hydrogen) atoms. The van der Waals surface area contributed by atoms with Gasteiger partial charge in [0.25, 0.3) is 0 Å². The summed E-state index contributed by atoms with van der Waals surface area (Å²) in [7, 11) is 0. The van der Waals surface area contributed by atoms with Crippen LogP contribution in [0, 0.1) is 0 Å². The Balaban J connectivity index is 1.18. The number of hydrogen-bond acceptors (Lipinski definition) is 9. The quantitative estimate of drug-likeness (QED) is 0.0343. The topological polar surface area (TPSA) is 140 Å². The minimum Gasteiger partial charge on any atom is -0.494 e. The molecule has 0 saturated carbocycles. The number of hydrogen-bond donors (Lipinski definition) is 2. The van der Waals surface area contributed by atoms with Crippen molar-refractivity contribution in [3.8, 4) is 11.5 Å². The number of halogens is 3. The van der Waals surface area contributed by atoms with Crippen molar-refractivity contribution in [2.24, 2.45) is 0 Å². The molecule has 0 amide bonds. The molecule has 0 radical (unpaired) electrons. The largest absolute Gasteiger partial charge is 0.494 e. The Morgan fingerprint density at radius 1 is 0.627 bits per heavy atom. The molecule has 0 aliphatic carbocycles. The van der Waals surface area contributed by atoms with Crippen molar-refractivity contribution in [2.45, 2.75) is 83.2 Å². The third-order valence-corrected chi connectivity index (χ3v) is 7.78. The van der Waals surface area contributed by atoms with Crippen LogP contribution in [0.15, 0.2) is 72.8 Å². The molecule has 12 heteroatoms. The van der Waals surface area contributed by atoms with Crippen LogP contribution in [0.5, 0.6) is 11.5 Å². The lowest BCUT2D eigenvalue weighted by Crippen LogP contribution is -2.09. The van der Waals surface area contributed by atoms with Crippen LogP contribution in [0.2, 0.25) is 0 Å². The zero-order valence-electron chi connectivity index (χ0n) is 28.8. The molecule has 0 unspecified atom stereocenters. The van der Waals surface area contributed by atoms with E-state index in [-0.39, 0.29) is 25.0 Å². The highest BCUT2D eigenvalue weighted by molar-refractivity contribution is 5.96. The van der Waals surface area contributed by atoms with Crippen LogP contribution in [0.25, 0.3) is 6.08 Å². The second-order valence-electron chi connectivity index (χ2n) is 12.1. The summed E-state index contributed by atoms with van der Waals surface area (Å²) in [6, 6.07) is 17.6. The van der Waals surface area contributed by atoms with Crippen molar-refractivity contribution >= 4 is 35.4 Å². The number of alkyl halides is 3. The second kappa shape index (κ2) is 22.0. The smallest absolute Gasteiger partial charge is 0.389 e. The zero-order valence-corrected chi connectivity index (χ0v) is 28.8. The molecule has 4 N–H and O–H groups in total. The SMILES string of the molecule is Nc1ccc(N)c(C(=O)OCCCCCCCCCCCOC(=O)/C=C/c2ccc(OC(=O)c3ccc(OCCCCC(F)(F)F)cc3)cc2)c1. The fraction of sp³-hybridized carbons (Fsp3) is 0.410. The Labute approximate surface area is 297 Å². The summed E-state index contributed by atoms with van der Waals surface area (Å²) in [6.07, 6.45) is 7.30. The minimum absolute atomic E-state index is 0.00721. The number of carbonyl (C=O) groups excluding carboxylic acids is 3. The third kappa shape index (κ3) is 17.0. The summed E-state index contributed by atoms with van der Waals surface area (Å²) in [4.78, 5) is 36.7. The number of ether oxygens (including phenoxy) is 4. The van der Waals surface area contributed by atoms with E-state index in [9.17, 15) is 27.6 Å². The molecule has 9 nitrogen and oxygen atoms in total. The van der Waals surface area contributed by atoms with Gasteiger partial charge in [-0.05, 0) is 91.9 Å². The molecule has 0 aliphatic rings. The van der Waals surface area contributed by atoms with E-state index in [4.69, 9.17) is 30.4 Å². The van der Waals surface area contributed by atoms with Crippen molar-refractivity contribution in [1.29, 1.82) is 0 Å². The Morgan fingerprint density at radius 3 is 1.82 bits per heavy atom. The van der Waals surface area contributed by atoms with Crippen LogP contribution in [0.4, 0.5) is 24.5 Å². The van der Waals surface area contributed by atoms with E-state index in [0.29, 0.717) is 41.7 Å². The van der Waals surface area contributed by atoms with Gasteiger partial charge in [0.15, 0.2) is 0 Å². The molecule has 0 heterocycles. The van der Waals surface area contributed by atoms with Crippen molar-refractivity contribution < 1.29 is 46.5 Å². The first kappa shape index (κ1) is 40.4. The number of esters is 3. The number of rotatable bonds is 22. The van der Waals surface area contributed by atoms with Crippen LogP contribution < -0.4 is 20.9 Å². The molecule has 0 bridgehead atoms. The molecule has 3 aromatic carbocycles. The monoisotopic (exact) mass is 712 g/mol. The molecule has 0 saturated heterocycles. The highest BCUT2D eigenvalue weighted by atomic mass is 19.4. The molecular formula is C39H47F3N2O7. The lowest BCUT2D eigenvalue weighted by Gasteiger charge is -2.09. The summed E-state index contributed by atoms with van der Waals surface area (Å²) in [5, 5.41) is 0. The van der Waals surface area contributed by atoms with Gasteiger partial charge in [-0.3, -0.25) is 0 Å². The van der Waals surface area contributed by atoms with Crippen LogP contribution in [-0.4, -0.2) is 43.9 Å². The van der Waals surface area contributed by atoms with Crippen LogP contribution in [0.3, 0.4) is 0 Å². The number of anilines is 2. The van der Waals surface area contributed by atoms with Crippen molar-refractivity contribution in [3.05, 3.63) is 89.5 Å². The number of benzene rings is 3. The first-order valence-corrected chi connectivity index (χ1v) is 17.3. The van der Waals surface area contributed by atoms with Crippen LogP contribution in [0.1, 0.15) is 103 Å². The first-order valence-electron chi connectivity index (χ1n) is 17.3. The van der Waals surface area contributed by atoms with Gasteiger partial charge in [-0.15, -0.1) is 0 Å². The lowest BCUT2D eigenvalue weighted by molar-refractivity contribution is -0.138. The molecule has 0 spiro atoms. The van der Waals surface area contributed by atoms with E-state index in [0.717, 1.165) is 63.4 Å². The van der Waals surface area contributed by atoms with E-state index in [1.54, 1.807) is 54.6 Å². The van der Waals surface area contributed by atoms with E-state index < -0.39 is 30.5 Å². The van der Waals surface area contributed by atoms with Gasteiger partial charge in [-0.2, -0.15) is 13.2 Å². The highest BCUT2D eigenvalue weighted by Gasteiger charge is 2.25. The van der Waals surface area contributed by atoms with Gasteiger partial charge < -0.3 is 30.4 Å². The van der Waals surface area contributed by atoms with E-state index in [2.05, 4.69) is 0 Å². The summed E-state index contributed by atoms with van der Waals surface area (Å²) in [6.45, 7) is 0.857. The maximum Gasteiger partial charge on any atom is 0.389 e. The Hall–Kier alpha value is -5.00. The van der Waals surface area contributed by atoms with Gasteiger partial charge in [0.2, 0.25) is 0 Å². The Morgan fingerprint density at radius 2 is 1.20 bits per heavy atom. The number of nitrogens with two attached hydrogens (primary N) is 2. The normalized spacial score (nSPS) is 11.4. The van der Waals surface area contributed by atoms with Crippen molar-refractivity contribution in [3.63, 3.8) is 0 Å². The predicted octanol–water partition coefficient (Wildman–Crippen LogP) is 9.11. The van der Waals surface area contributed by atoms with Crippen molar-refractivity contribution in [2.75, 3.05) is 31.3 Å². The van der Waals surface area contributed by atoms with Crippen LogP contribution in [-0.2, 0) is 14.3 Å². The van der Waals surface area contributed by atoms with Gasteiger partial charge in [0, 0.05) is 23.9 Å². The Kier molecular flexibility index (Phi) is 17.4.